The summed E-state index contributed by atoms with van der Waals surface area (Å²) in [6.07, 6.45) is 5.21. The third-order valence-corrected chi connectivity index (χ3v) is 7.39. The summed E-state index contributed by atoms with van der Waals surface area (Å²) >= 11 is 0. The van der Waals surface area contributed by atoms with E-state index in [-0.39, 0.29) is 11.8 Å². The number of rotatable bonds is 4. The van der Waals surface area contributed by atoms with Crippen LogP contribution in [0, 0.1) is 11.8 Å². The Labute approximate surface area is 218 Å². The zero-order valence-corrected chi connectivity index (χ0v) is 21.5. The van der Waals surface area contributed by atoms with E-state index in [1.165, 1.54) is 12.8 Å². The number of phenolic OH excluding ortho intramolecular Hbond substituents is 1. The first-order valence-electron chi connectivity index (χ1n) is 13.0. The van der Waals surface area contributed by atoms with E-state index in [1.807, 2.05) is 24.3 Å². The van der Waals surface area contributed by atoms with Gasteiger partial charge in [0.2, 0.25) is 5.82 Å². The Balaban J connectivity index is 1.31. The molecular weight excluding hydrogens is 464 g/mol. The second kappa shape index (κ2) is 11.0. The lowest BCUT2D eigenvalue weighted by Gasteiger charge is -2.28. The van der Waals surface area contributed by atoms with Crippen LogP contribution in [-0.4, -0.2) is 75.0 Å². The first-order valence-corrected chi connectivity index (χ1v) is 13.0. The van der Waals surface area contributed by atoms with Gasteiger partial charge in [-0.05, 0) is 69.8 Å². The Morgan fingerprint density at radius 2 is 1.89 bits per heavy atom. The second-order valence-electron chi connectivity index (χ2n) is 9.84. The average molecular weight is 499 g/mol. The van der Waals surface area contributed by atoms with Crippen molar-refractivity contribution < 1.29 is 5.11 Å². The molecule has 3 N–H and O–H groups in total. The van der Waals surface area contributed by atoms with E-state index >= 15 is 0 Å². The summed E-state index contributed by atoms with van der Waals surface area (Å²) in [5.41, 5.74) is 8.31. The van der Waals surface area contributed by atoms with E-state index in [1.54, 1.807) is 18.3 Å². The van der Waals surface area contributed by atoms with Gasteiger partial charge in [0.15, 0.2) is 5.82 Å². The number of nitrogens with zero attached hydrogens (tertiary/aromatic N) is 7. The van der Waals surface area contributed by atoms with Crippen LogP contribution in [0.15, 0.2) is 42.6 Å². The topological polar surface area (TPSA) is 108 Å². The molecule has 2 atom stereocenters. The van der Waals surface area contributed by atoms with Gasteiger partial charge < -0.3 is 20.6 Å². The summed E-state index contributed by atoms with van der Waals surface area (Å²) < 4.78 is 0. The summed E-state index contributed by atoms with van der Waals surface area (Å²) in [5, 5.41) is 18.7. The van der Waals surface area contributed by atoms with Gasteiger partial charge in [0, 0.05) is 43.5 Å². The van der Waals surface area contributed by atoms with Crippen molar-refractivity contribution in [1.29, 1.82) is 0 Å². The molecule has 3 aromatic rings. The number of aromatic hydroxyl groups is 1. The number of para-hydroxylation sites is 1. The van der Waals surface area contributed by atoms with Gasteiger partial charge >= 0.3 is 0 Å². The summed E-state index contributed by atoms with van der Waals surface area (Å²) in [7, 11) is 0. The van der Waals surface area contributed by atoms with Crippen molar-refractivity contribution in [3.8, 4) is 28.8 Å². The number of anilines is 3. The molecular formula is C28H34N8O. The van der Waals surface area contributed by atoms with Crippen LogP contribution in [-0.2, 0) is 0 Å². The number of aromatic nitrogens is 4. The van der Waals surface area contributed by atoms with Crippen molar-refractivity contribution in [2.75, 3.05) is 48.3 Å². The van der Waals surface area contributed by atoms with Crippen molar-refractivity contribution in [2.24, 2.45) is 0 Å². The zero-order chi connectivity index (χ0) is 25.8. The van der Waals surface area contributed by atoms with Crippen LogP contribution in [0.25, 0.3) is 11.3 Å². The fourth-order valence-corrected chi connectivity index (χ4v) is 5.12. The molecule has 1 aromatic carbocycles. The number of hydrogen-bond acceptors (Lipinski definition) is 9. The van der Waals surface area contributed by atoms with E-state index in [0.717, 1.165) is 50.6 Å². The average Bonchev–Trinajstić information content (AvgIpc) is 3.21. The largest absolute Gasteiger partial charge is 0.507 e. The van der Waals surface area contributed by atoms with E-state index in [4.69, 9.17) is 10.7 Å². The molecule has 0 radical (unpaired) electrons. The third kappa shape index (κ3) is 5.59. The van der Waals surface area contributed by atoms with Crippen molar-refractivity contribution in [3.05, 3.63) is 48.4 Å². The summed E-state index contributed by atoms with van der Waals surface area (Å²) in [6, 6.07) is 11.9. The third-order valence-electron chi connectivity index (χ3n) is 7.39. The van der Waals surface area contributed by atoms with Crippen molar-refractivity contribution in [3.63, 3.8) is 0 Å². The van der Waals surface area contributed by atoms with E-state index in [2.05, 4.69) is 55.6 Å². The van der Waals surface area contributed by atoms with Crippen LogP contribution in [0.4, 0.5) is 17.3 Å². The Morgan fingerprint density at radius 1 is 1.03 bits per heavy atom. The maximum atomic E-state index is 10.3. The highest BCUT2D eigenvalue weighted by atomic mass is 16.3. The maximum absolute atomic E-state index is 10.3. The molecule has 192 valence electrons. The summed E-state index contributed by atoms with van der Waals surface area (Å²) in [5.74, 6) is 8.43. The number of hydrogen-bond donors (Lipinski definition) is 2. The lowest BCUT2D eigenvalue weighted by molar-refractivity contribution is 0.303. The van der Waals surface area contributed by atoms with Gasteiger partial charge in [-0.25, -0.2) is 9.97 Å². The predicted octanol–water partition coefficient (Wildman–Crippen LogP) is 3.16. The number of phenols is 1. The number of likely N-dealkylation sites (tertiary alicyclic amines) is 1. The minimum atomic E-state index is 0.167. The minimum Gasteiger partial charge on any atom is -0.507 e. The van der Waals surface area contributed by atoms with Crippen LogP contribution in [0.3, 0.4) is 0 Å². The molecule has 0 spiro atoms. The Bertz CT molecular complexity index is 1300. The molecule has 0 amide bonds. The van der Waals surface area contributed by atoms with Crippen LogP contribution in [0.1, 0.15) is 38.9 Å². The van der Waals surface area contributed by atoms with Gasteiger partial charge in [-0.15, -0.1) is 10.2 Å². The van der Waals surface area contributed by atoms with E-state index in [0.29, 0.717) is 28.9 Å². The zero-order valence-electron chi connectivity index (χ0n) is 21.5. The first-order chi connectivity index (χ1) is 18.0. The van der Waals surface area contributed by atoms with Gasteiger partial charge in [0.25, 0.3) is 0 Å². The summed E-state index contributed by atoms with van der Waals surface area (Å²) in [6.45, 7) is 8.69. The normalized spacial score (nSPS) is 20.4. The summed E-state index contributed by atoms with van der Waals surface area (Å²) in [4.78, 5) is 16.1. The van der Waals surface area contributed by atoms with Crippen molar-refractivity contribution in [1.82, 2.24) is 25.1 Å². The second-order valence-corrected chi connectivity index (χ2v) is 9.84. The number of benzene rings is 1. The molecule has 2 saturated heterocycles. The molecule has 0 aliphatic carbocycles. The number of nitrogen functional groups attached to an aromatic ring is 1. The van der Waals surface area contributed by atoms with E-state index < -0.39 is 0 Å². The molecule has 5 rings (SSSR count). The van der Waals surface area contributed by atoms with Crippen molar-refractivity contribution in [2.45, 2.75) is 45.2 Å². The Kier molecular flexibility index (Phi) is 7.37. The maximum Gasteiger partial charge on any atom is 0.206 e. The Hall–Kier alpha value is -3.90. The van der Waals surface area contributed by atoms with Gasteiger partial charge in [0.1, 0.15) is 11.6 Å². The van der Waals surface area contributed by atoms with Gasteiger partial charge in [0.05, 0.1) is 17.9 Å². The van der Waals surface area contributed by atoms with Crippen molar-refractivity contribution >= 4 is 17.3 Å². The molecule has 4 heterocycles. The first kappa shape index (κ1) is 24.8. The SMILES string of the molecule is C[C@@H]1CCCN1CC#Cc1nccc(N2CCN(c3cc(-c4ccccc4O)nnc3N)CC[C@@H]2C)n1. The number of nitrogens with two attached hydrogens (primary N) is 1. The van der Waals surface area contributed by atoms with Crippen LogP contribution in [0.5, 0.6) is 5.75 Å². The van der Waals surface area contributed by atoms with Crippen LogP contribution in [0.2, 0.25) is 0 Å². The molecule has 9 nitrogen and oxygen atoms in total. The minimum absolute atomic E-state index is 0.167. The Morgan fingerprint density at radius 3 is 2.70 bits per heavy atom. The highest BCUT2D eigenvalue weighted by molar-refractivity contribution is 5.74. The quantitative estimate of drug-likeness (QED) is 0.525. The molecule has 2 aliphatic rings. The van der Waals surface area contributed by atoms with Crippen LogP contribution >= 0.6 is 0 Å². The lowest BCUT2D eigenvalue weighted by atomic mass is 10.1. The lowest BCUT2D eigenvalue weighted by Crippen LogP contribution is -2.35. The van der Waals surface area contributed by atoms with E-state index in [9.17, 15) is 5.11 Å². The predicted molar refractivity (Wildman–Crippen MR) is 146 cm³/mol. The molecule has 0 unspecified atom stereocenters. The molecule has 2 fully saturated rings. The van der Waals surface area contributed by atoms with Gasteiger partial charge in [-0.2, -0.15) is 0 Å². The van der Waals surface area contributed by atoms with Gasteiger partial charge in [-0.1, -0.05) is 18.1 Å². The molecule has 0 saturated carbocycles. The molecule has 9 heteroatoms. The highest BCUT2D eigenvalue weighted by Gasteiger charge is 2.24. The molecule has 37 heavy (non-hydrogen) atoms. The molecule has 0 bridgehead atoms. The fourth-order valence-electron chi connectivity index (χ4n) is 5.12. The van der Waals surface area contributed by atoms with Crippen LogP contribution < -0.4 is 15.5 Å². The fraction of sp³-hybridized carbons (Fsp3) is 0.429. The molecule has 2 aromatic heterocycles. The van der Waals surface area contributed by atoms with Gasteiger partial charge in [-0.3, -0.25) is 4.90 Å². The smallest absolute Gasteiger partial charge is 0.206 e. The standard InChI is InChI=1S/C28H34N8O/c1-20-7-5-14-34(20)15-6-10-26-30-13-11-27(31-26)36-18-17-35(16-12-21(36)2)24-19-23(32-33-28(24)29)22-8-3-4-9-25(22)37/h3-4,8-9,11,13,19-21,37H,5,7,12,14-18H2,1-2H3,(H2,29,33)/t20-,21+/m1/s1. The highest BCUT2D eigenvalue weighted by Crippen LogP contribution is 2.32. The molecule has 2 aliphatic heterocycles. The monoisotopic (exact) mass is 498 g/mol.